The van der Waals surface area contributed by atoms with Gasteiger partial charge in [0.1, 0.15) is 5.76 Å². The van der Waals surface area contributed by atoms with Gasteiger partial charge in [-0.15, -0.1) is 0 Å². The topological polar surface area (TPSA) is 21.3 Å². The van der Waals surface area contributed by atoms with Crippen molar-refractivity contribution >= 4 is 0 Å². The summed E-state index contributed by atoms with van der Waals surface area (Å²) in [6, 6.07) is 0.262. The van der Waals surface area contributed by atoms with Crippen LogP contribution in [0.2, 0.25) is 0 Å². The van der Waals surface area contributed by atoms with Crippen LogP contribution in [0, 0.1) is 0 Å². The molecule has 2 nitrogen and oxygen atoms in total. The number of likely N-dealkylation sites (N-methyl/N-ethyl adjacent to an activating group) is 1. The molecule has 14 heavy (non-hydrogen) atoms. The quantitative estimate of drug-likeness (QED) is 0.743. The second kappa shape index (κ2) is 5.01. The van der Waals surface area contributed by atoms with Crippen molar-refractivity contribution in [2.75, 3.05) is 7.05 Å². The molecule has 0 fully saturated rings. The Morgan fingerprint density at radius 1 is 1.43 bits per heavy atom. The molecule has 2 heteroatoms. The third-order valence-electron chi connectivity index (χ3n) is 1.99. The first-order valence-electron chi connectivity index (χ1n) is 5.04. The predicted molar refractivity (Wildman–Crippen MR) is 60.0 cm³/mol. The highest BCUT2D eigenvalue weighted by Gasteiger charge is 2.06. The Labute approximate surface area is 86.3 Å². The van der Waals surface area contributed by atoms with Crippen LogP contribution in [-0.4, -0.2) is 19.2 Å². The van der Waals surface area contributed by atoms with Crippen molar-refractivity contribution in [2.45, 2.75) is 32.9 Å². The summed E-state index contributed by atoms with van der Waals surface area (Å²) in [6.07, 6.45) is 8.61. The van der Waals surface area contributed by atoms with Crippen LogP contribution in [0.3, 0.4) is 0 Å². The van der Waals surface area contributed by atoms with E-state index in [-0.39, 0.29) is 12.1 Å². The summed E-state index contributed by atoms with van der Waals surface area (Å²) >= 11 is 0. The molecule has 0 amide bonds. The Kier molecular flexibility index (Phi) is 3.96. The lowest BCUT2D eigenvalue weighted by atomic mass is 10.2. The first-order valence-corrected chi connectivity index (χ1v) is 5.04. The van der Waals surface area contributed by atoms with E-state index < -0.39 is 0 Å². The molecule has 1 unspecified atom stereocenters. The van der Waals surface area contributed by atoms with Gasteiger partial charge in [-0.05, 0) is 45.5 Å². The van der Waals surface area contributed by atoms with Crippen molar-refractivity contribution < 1.29 is 4.74 Å². The van der Waals surface area contributed by atoms with Gasteiger partial charge in [-0.1, -0.05) is 12.2 Å². The molecule has 0 saturated carbocycles. The Bertz CT molecular complexity index is 274. The summed E-state index contributed by atoms with van der Waals surface area (Å²) in [4.78, 5) is 0. The highest BCUT2D eigenvalue weighted by molar-refractivity contribution is 5.32. The number of ether oxygens (including phenoxy) is 1. The fraction of sp³-hybridized carbons (Fsp3) is 0.500. The average Bonchev–Trinajstić information content (AvgIpc) is 2.26. The van der Waals surface area contributed by atoms with Gasteiger partial charge < -0.3 is 10.1 Å². The summed E-state index contributed by atoms with van der Waals surface area (Å²) in [5.41, 5.74) is 1.22. The largest absolute Gasteiger partial charge is 0.491 e. The van der Waals surface area contributed by atoms with Crippen LogP contribution in [0.25, 0.3) is 0 Å². The van der Waals surface area contributed by atoms with Crippen LogP contribution in [0.15, 0.2) is 35.6 Å². The van der Waals surface area contributed by atoms with E-state index in [1.807, 2.05) is 20.9 Å². The molecule has 1 atom stereocenters. The van der Waals surface area contributed by atoms with Crippen molar-refractivity contribution in [2.24, 2.45) is 0 Å². The lowest BCUT2D eigenvalue weighted by Gasteiger charge is -2.12. The lowest BCUT2D eigenvalue weighted by molar-refractivity contribution is 0.156. The van der Waals surface area contributed by atoms with Gasteiger partial charge in [0, 0.05) is 6.04 Å². The zero-order chi connectivity index (χ0) is 10.6. The molecule has 1 N–H and O–H groups in total. The van der Waals surface area contributed by atoms with E-state index in [4.69, 9.17) is 4.74 Å². The van der Waals surface area contributed by atoms with Crippen LogP contribution in [-0.2, 0) is 4.74 Å². The zero-order valence-corrected chi connectivity index (χ0v) is 9.37. The highest BCUT2D eigenvalue weighted by Crippen LogP contribution is 2.13. The van der Waals surface area contributed by atoms with Crippen LogP contribution in [0.1, 0.15) is 20.8 Å². The smallest absolute Gasteiger partial charge is 0.117 e. The van der Waals surface area contributed by atoms with E-state index in [1.165, 1.54) is 5.57 Å². The van der Waals surface area contributed by atoms with Crippen LogP contribution in [0.4, 0.5) is 0 Å². The summed E-state index contributed by atoms with van der Waals surface area (Å²) in [6.45, 7) is 6.15. The minimum absolute atomic E-state index is 0.223. The molecular formula is C12H19NO. The molecule has 78 valence electrons. The summed E-state index contributed by atoms with van der Waals surface area (Å²) in [5.74, 6) is 0.946. The van der Waals surface area contributed by atoms with Gasteiger partial charge in [-0.3, -0.25) is 0 Å². The zero-order valence-electron chi connectivity index (χ0n) is 9.37. The minimum atomic E-state index is 0.223. The Morgan fingerprint density at radius 3 is 2.71 bits per heavy atom. The maximum Gasteiger partial charge on any atom is 0.117 e. The SMILES string of the molecule is CNC1C=CC(C)=CC(OC(C)C)=C1. The maximum atomic E-state index is 5.68. The molecule has 1 aliphatic carbocycles. The normalized spacial score (nSPS) is 21.6. The maximum absolute atomic E-state index is 5.68. The third-order valence-corrected chi connectivity index (χ3v) is 1.99. The Hall–Kier alpha value is -1.02. The van der Waals surface area contributed by atoms with E-state index in [2.05, 4.69) is 36.5 Å². The van der Waals surface area contributed by atoms with Gasteiger partial charge in [0.2, 0.25) is 0 Å². The van der Waals surface area contributed by atoms with E-state index in [0.717, 1.165) is 5.76 Å². The molecule has 0 bridgehead atoms. The van der Waals surface area contributed by atoms with Crippen molar-refractivity contribution in [3.05, 3.63) is 35.6 Å². The number of nitrogens with one attached hydrogen (secondary N) is 1. The monoisotopic (exact) mass is 193 g/mol. The van der Waals surface area contributed by atoms with E-state index in [9.17, 15) is 0 Å². The number of rotatable bonds is 3. The van der Waals surface area contributed by atoms with Gasteiger partial charge in [-0.25, -0.2) is 0 Å². The molecule has 0 aliphatic heterocycles. The van der Waals surface area contributed by atoms with Crippen molar-refractivity contribution in [3.63, 3.8) is 0 Å². The summed E-state index contributed by atoms with van der Waals surface area (Å²) < 4.78 is 5.68. The number of hydrogen-bond acceptors (Lipinski definition) is 2. The van der Waals surface area contributed by atoms with E-state index in [1.54, 1.807) is 0 Å². The molecular weight excluding hydrogens is 174 g/mol. The number of hydrogen-bond donors (Lipinski definition) is 1. The summed E-state index contributed by atoms with van der Waals surface area (Å²) in [5, 5.41) is 3.19. The van der Waals surface area contributed by atoms with Crippen LogP contribution < -0.4 is 5.32 Å². The molecule has 1 rings (SSSR count). The van der Waals surface area contributed by atoms with Crippen molar-refractivity contribution in [1.29, 1.82) is 0 Å². The van der Waals surface area contributed by atoms with Gasteiger partial charge in [-0.2, -0.15) is 0 Å². The van der Waals surface area contributed by atoms with Crippen LogP contribution in [0.5, 0.6) is 0 Å². The molecule has 0 aromatic carbocycles. The van der Waals surface area contributed by atoms with Crippen molar-refractivity contribution in [3.8, 4) is 0 Å². The second-order valence-electron chi connectivity index (χ2n) is 3.80. The first-order chi connectivity index (χ1) is 6.61. The van der Waals surface area contributed by atoms with Crippen LogP contribution >= 0.6 is 0 Å². The summed E-state index contributed by atoms with van der Waals surface area (Å²) in [7, 11) is 1.94. The van der Waals surface area contributed by atoms with Crippen molar-refractivity contribution in [1.82, 2.24) is 5.32 Å². The molecule has 0 saturated heterocycles. The van der Waals surface area contributed by atoms with E-state index >= 15 is 0 Å². The van der Waals surface area contributed by atoms with Gasteiger partial charge in [0.05, 0.1) is 6.10 Å². The molecule has 0 aromatic rings. The molecule has 0 radical (unpaired) electrons. The second-order valence-corrected chi connectivity index (χ2v) is 3.80. The molecule has 1 aliphatic rings. The third kappa shape index (κ3) is 3.38. The van der Waals surface area contributed by atoms with Gasteiger partial charge in [0.25, 0.3) is 0 Å². The Balaban J connectivity index is 2.79. The average molecular weight is 193 g/mol. The predicted octanol–water partition coefficient (Wildman–Crippen LogP) is 2.40. The highest BCUT2D eigenvalue weighted by atomic mass is 16.5. The lowest BCUT2D eigenvalue weighted by Crippen LogP contribution is -2.20. The molecule has 0 heterocycles. The fourth-order valence-electron chi connectivity index (χ4n) is 1.33. The Morgan fingerprint density at radius 2 is 2.14 bits per heavy atom. The minimum Gasteiger partial charge on any atom is -0.491 e. The van der Waals surface area contributed by atoms with Gasteiger partial charge in [0.15, 0.2) is 0 Å². The number of allylic oxidation sites excluding steroid dienone is 3. The fourth-order valence-corrected chi connectivity index (χ4v) is 1.33. The van der Waals surface area contributed by atoms with E-state index in [0.29, 0.717) is 0 Å². The molecule has 0 aromatic heterocycles. The first kappa shape index (κ1) is 11.1. The standard InChI is InChI=1S/C12H19NO/c1-9(2)14-12-7-10(3)5-6-11(8-12)13-4/h5-9,11,13H,1-4H3. The van der Waals surface area contributed by atoms with Gasteiger partial charge >= 0.3 is 0 Å². The molecule has 0 spiro atoms.